The first-order chi connectivity index (χ1) is 13.7. The zero-order valence-electron chi connectivity index (χ0n) is 14.6. The molecule has 3 aromatic carbocycles. The molecular formula is C21H12F5N2O. The maximum Gasteiger partial charge on any atom is 0.419 e. The van der Waals surface area contributed by atoms with E-state index < -0.39 is 29.3 Å². The van der Waals surface area contributed by atoms with Gasteiger partial charge in [-0.1, -0.05) is 12.1 Å². The van der Waals surface area contributed by atoms with Gasteiger partial charge in [-0.3, -0.25) is 4.79 Å². The van der Waals surface area contributed by atoms with Gasteiger partial charge in [0.15, 0.2) is 0 Å². The molecule has 1 aromatic heterocycles. The number of hydrogen-bond donors (Lipinski definition) is 1. The molecule has 0 fully saturated rings. The summed E-state index contributed by atoms with van der Waals surface area (Å²) in [4.78, 5) is 11.8. The highest BCUT2D eigenvalue weighted by molar-refractivity contribution is 6.17. The molecule has 4 rings (SSSR count). The number of amides is 1. The third-order valence-corrected chi connectivity index (χ3v) is 4.70. The minimum atomic E-state index is -4.84. The van der Waals surface area contributed by atoms with Crippen LogP contribution in [-0.4, -0.2) is 10.5 Å². The van der Waals surface area contributed by atoms with Crippen molar-refractivity contribution in [1.29, 1.82) is 0 Å². The molecule has 1 amide bonds. The van der Waals surface area contributed by atoms with E-state index in [1.165, 1.54) is 18.2 Å². The number of alkyl halides is 3. The van der Waals surface area contributed by atoms with E-state index in [0.717, 1.165) is 18.2 Å². The average Bonchev–Trinajstić information content (AvgIpc) is 2.95. The Balaban J connectivity index is 1.97. The quantitative estimate of drug-likeness (QED) is 0.479. The van der Waals surface area contributed by atoms with Gasteiger partial charge in [0.05, 0.1) is 16.6 Å². The van der Waals surface area contributed by atoms with Crippen molar-refractivity contribution in [1.82, 2.24) is 4.57 Å². The van der Waals surface area contributed by atoms with Gasteiger partial charge in [-0.15, -0.1) is 0 Å². The summed E-state index contributed by atoms with van der Waals surface area (Å²) in [6, 6.07) is 12.6. The van der Waals surface area contributed by atoms with Crippen molar-refractivity contribution in [2.75, 3.05) is 0 Å². The van der Waals surface area contributed by atoms with E-state index in [9.17, 15) is 26.7 Å². The molecule has 1 heterocycles. The van der Waals surface area contributed by atoms with E-state index in [1.807, 2.05) is 0 Å². The second kappa shape index (κ2) is 6.58. The fraction of sp³-hybridized carbons (Fsp3) is 0.0952. The second-order valence-electron chi connectivity index (χ2n) is 6.53. The first-order valence-corrected chi connectivity index (χ1v) is 8.45. The number of nitrogens with zero attached hydrogens (tertiary/aromatic N) is 1. The molecule has 0 atom stereocenters. The molecule has 0 saturated carbocycles. The Morgan fingerprint density at radius 1 is 1.03 bits per heavy atom. The minimum absolute atomic E-state index is 0.0644. The van der Waals surface area contributed by atoms with E-state index in [4.69, 9.17) is 5.73 Å². The molecule has 2 N–H and O–H groups in total. The molecule has 147 valence electrons. The van der Waals surface area contributed by atoms with Crippen LogP contribution < -0.4 is 5.73 Å². The first-order valence-electron chi connectivity index (χ1n) is 8.45. The van der Waals surface area contributed by atoms with Crippen LogP contribution in [0, 0.1) is 17.7 Å². The number of nitrogens with two attached hydrogens (primary N) is 1. The number of fused-ring (bicyclic) bond motifs is 3. The van der Waals surface area contributed by atoms with E-state index in [-0.39, 0.29) is 23.1 Å². The predicted molar refractivity (Wildman–Crippen MR) is 97.3 cm³/mol. The summed E-state index contributed by atoms with van der Waals surface area (Å²) < 4.78 is 68.2. The van der Waals surface area contributed by atoms with Crippen LogP contribution in [0.1, 0.15) is 21.5 Å². The predicted octanol–water partition coefficient (Wildman–Crippen LogP) is 5.04. The zero-order valence-corrected chi connectivity index (χ0v) is 14.6. The summed E-state index contributed by atoms with van der Waals surface area (Å²) in [5.41, 5.74) is 5.31. The summed E-state index contributed by atoms with van der Waals surface area (Å²) in [6.07, 6.45) is -4.84. The highest BCUT2D eigenvalue weighted by Crippen LogP contribution is 2.35. The molecule has 0 unspecified atom stereocenters. The number of aromatic nitrogens is 1. The van der Waals surface area contributed by atoms with E-state index >= 15 is 0 Å². The maximum atomic E-state index is 13.8. The van der Waals surface area contributed by atoms with Crippen LogP contribution in [0.15, 0.2) is 48.5 Å². The lowest BCUT2D eigenvalue weighted by molar-refractivity contribution is -0.140. The van der Waals surface area contributed by atoms with E-state index in [0.29, 0.717) is 16.4 Å². The molecule has 0 aliphatic heterocycles. The average molecular weight is 403 g/mol. The van der Waals surface area contributed by atoms with Gasteiger partial charge < -0.3 is 10.3 Å². The molecule has 0 saturated heterocycles. The summed E-state index contributed by atoms with van der Waals surface area (Å²) >= 11 is 0. The first kappa shape index (κ1) is 18.9. The van der Waals surface area contributed by atoms with Gasteiger partial charge in [0, 0.05) is 28.9 Å². The van der Waals surface area contributed by atoms with Gasteiger partial charge >= 0.3 is 6.18 Å². The highest BCUT2D eigenvalue weighted by atomic mass is 19.4. The van der Waals surface area contributed by atoms with Crippen molar-refractivity contribution in [2.45, 2.75) is 12.7 Å². The molecule has 0 bridgehead atoms. The van der Waals surface area contributed by atoms with E-state index in [2.05, 4.69) is 6.07 Å². The molecule has 0 spiro atoms. The number of hydrogen-bond acceptors (Lipinski definition) is 1. The minimum Gasteiger partial charge on any atom is -0.366 e. The third kappa shape index (κ3) is 3.20. The summed E-state index contributed by atoms with van der Waals surface area (Å²) in [5, 5.41) is 0.639. The monoisotopic (exact) mass is 403 g/mol. The van der Waals surface area contributed by atoms with Crippen molar-refractivity contribution in [3.8, 4) is 0 Å². The number of halogens is 5. The van der Waals surface area contributed by atoms with Gasteiger partial charge in [0.2, 0.25) is 5.91 Å². The van der Waals surface area contributed by atoms with Crippen LogP contribution in [0.25, 0.3) is 21.8 Å². The molecule has 8 heteroatoms. The van der Waals surface area contributed by atoms with E-state index in [1.54, 1.807) is 16.7 Å². The normalized spacial score (nSPS) is 12.0. The summed E-state index contributed by atoms with van der Waals surface area (Å²) in [6.45, 7) is -0.0644. The lowest BCUT2D eigenvalue weighted by Gasteiger charge is -2.12. The van der Waals surface area contributed by atoms with Crippen molar-refractivity contribution >= 4 is 27.7 Å². The van der Waals surface area contributed by atoms with Crippen LogP contribution in [0.5, 0.6) is 0 Å². The van der Waals surface area contributed by atoms with Crippen LogP contribution >= 0.6 is 0 Å². The number of carbonyl (C=O) groups is 1. The molecule has 29 heavy (non-hydrogen) atoms. The van der Waals surface area contributed by atoms with Crippen LogP contribution in [0.4, 0.5) is 22.0 Å². The van der Waals surface area contributed by atoms with Gasteiger partial charge in [0.25, 0.3) is 0 Å². The second-order valence-corrected chi connectivity index (χ2v) is 6.53. The van der Waals surface area contributed by atoms with Crippen molar-refractivity contribution in [3.63, 3.8) is 0 Å². The Morgan fingerprint density at radius 3 is 2.48 bits per heavy atom. The third-order valence-electron chi connectivity index (χ3n) is 4.70. The Hall–Kier alpha value is -3.42. The van der Waals surface area contributed by atoms with Crippen molar-refractivity contribution < 1.29 is 26.7 Å². The Kier molecular flexibility index (Phi) is 4.29. The Bertz CT molecular complexity index is 1270. The SMILES string of the molecule is NC(=O)c1cccc2c1c1[c]c(F)ccc1n2Cc1ccc(F)c(C(F)(F)F)c1. The molecule has 3 nitrogen and oxygen atoms in total. The molecular weight excluding hydrogens is 391 g/mol. The summed E-state index contributed by atoms with van der Waals surface area (Å²) in [7, 11) is 0. The molecule has 0 aliphatic rings. The molecule has 1 radical (unpaired) electrons. The molecule has 0 aliphatic carbocycles. The number of carbonyl (C=O) groups excluding carboxylic acids is 1. The topological polar surface area (TPSA) is 48.0 Å². The fourth-order valence-corrected chi connectivity index (χ4v) is 3.48. The van der Waals surface area contributed by atoms with Gasteiger partial charge in [-0.25, -0.2) is 8.78 Å². The van der Waals surface area contributed by atoms with Crippen molar-refractivity contribution in [3.05, 3.63) is 82.9 Å². The summed E-state index contributed by atoms with van der Waals surface area (Å²) in [5.74, 6) is -2.75. The zero-order chi connectivity index (χ0) is 20.9. The Morgan fingerprint density at radius 2 is 1.79 bits per heavy atom. The lowest BCUT2D eigenvalue weighted by Crippen LogP contribution is -2.11. The standard InChI is InChI=1S/C21H12F5N2O/c22-12-5-7-17-14(9-12)19-13(20(27)29)2-1-3-18(19)28(17)10-11-4-6-16(23)15(8-11)21(24,25)26/h1-8H,10H2,(H2,27,29). The van der Waals surface area contributed by atoms with Crippen LogP contribution in [0.2, 0.25) is 0 Å². The lowest BCUT2D eigenvalue weighted by atomic mass is 10.1. The van der Waals surface area contributed by atoms with Gasteiger partial charge in [-0.05, 0) is 42.0 Å². The number of rotatable bonds is 3. The maximum absolute atomic E-state index is 13.8. The van der Waals surface area contributed by atoms with Gasteiger partial charge in [-0.2, -0.15) is 13.2 Å². The Labute approximate surface area is 161 Å². The smallest absolute Gasteiger partial charge is 0.366 e. The van der Waals surface area contributed by atoms with Gasteiger partial charge in [0.1, 0.15) is 11.6 Å². The number of primary amides is 1. The largest absolute Gasteiger partial charge is 0.419 e. The molecule has 4 aromatic rings. The number of benzene rings is 3. The fourth-order valence-electron chi connectivity index (χ4n) is 3.48. The van der Waals surface area contributed by atoms with Crippen LogP contribution in [0.3, 0.4) is 0 Å². The highest BCUT2D eigenvalue weighted by Gasteiger charge is 2.34. The van der Waals surface area contributed by atoms with Crippen LogP contribution in [-0.2, 0) is 12.7 Å². The van der Waals surface area contributed by atoms with Crippen molar-refractivity contribution in [2.24, 2.45) is 5.73 Å².